The van der Waals surface area contributed by atoms with Crippen molar-refractivity contribution >= 4 is 5.91 Å². The van der Waals surface area contributed by atoms with Crippen LogP contribution in [0.5, 0.6) is 0 Å². The molecule has 0 bridgehead atoms. The Morgan fingerprint density at radius 1 is 0.191 bits per heavy atom. The SMILES string of the molecule is CC(=O)N[C@@H]1[C@@H](O)[C@H](O[C@@H]2O[C@H](CO[C@H]3O[C@H](CO[C@H]4O[C@H](CO)[C@@H](O)[C@H](O)[C@@H]4O)[C@@H](O)[C@H](O[C@H]4O[C@H](CO)[C@@H](O)[C@@H](O)[C@@H]4O[C@H]4O[C@H](CO)[C@@H](O)[C@H](O)[C@@H]4O)[C@@H]3O)[C@@H](O)[C@H](O[C@H]3O[C@H](CO)[C@@H](O)[C@H](O)[C@@H]3O[C@H]3O[C@H](CO)[C@@H](O)[C@H](O)[C@@H]3O[C@H]3O[C@H](CO)[C@@H](O)[C@H](O[C@H]4O[C@H](CO)[C@@H](O)[C@H](O[C@H]5O[C@H](CO)[C@@H](O)[C@H](O)[C@H]5O[C@H]5O[C@H](CO)[C@@H](O)[C@H](O)[C@H]5O)[C@H]4O)[C@@H]3O)[C@@H]2O)[C@@H](CO)O[C@H]1O. The third-order valence-electron chi connectivity index (χ3n) is 25.5. The Morgan fingerprint density at radius 2 is 0.382 bits per heavy atom. The van der Waals surface area contributed by atoms with Crippen LogP contribution in [0.25, 0.3) is 0 Å². The molecule has 1 amide bonds. The lowest BCUT2D eigenvalue weighted by molar-refractivity contribution is -0.413. The lowest BCUT2D eigenvalue weighted by Crippen LogP contribution is -2.69. The largest absolute Gasteiger partial charge is 0.394 e. The van der Waals surface area contributed by atoms with Gasteiger partial charge in [-0.1, -0.05) is 0 Å². The number of aliphatic hydroxyl groups excluding tert-OH is 37. The Balaban J connectivity index is 0.835. The fraction of sp³-hybridized carbons (Fsp3) is 0.986. The predicted molar refractivity (Wildman–Crippen MR) is 407 cm³/mol. The summed E-state index contributed by atoms with van der Waals surface area (Å²) in [6.07, 6.45) is -132. The van der Waals surface area contributed by atoms with Crippen LogP contribution in [0.1, 0.15) is 6.92 Å². The number of hydrogen-bond donors (Lipinski definition) is 38. The molecule has 62 heteroatoms. The normalized spacial score (nSPS) is 52.8. The highest BCUT2D eigenvalue weighted by Crippen LogP contribution is 2.43. The van der Waals surface area contributed by atoms with E-state index < -0.39 is 454 Å². The molecule has 12 aliphatic heterocycles. The van der Waals surface area contributed by atoms with Crippen LogP contribution >= 0.6 is 0 Å². The predicted octanol–water partition coefficient (Wildman–Crippen LogP) is -27.0. The number of carbonyl (C=O) groups excluding carboxylic acids is 1. The fourth-order valence-electron chi connectivity index (χ4n) is 17.5. The molecule has 136 heavy (non-hydrogen) atoms. The van der Waals surface area contributed by atoms with Crippen LogP contribution in [0, 0.1) is 0 Å². The monoisotopic (exact) mass is 2000 g/mol. The van der Waals surface area contributed by atoms with Crippen molar-refractivity contribution in [1.29, 1.82) is 0 Å². The highest BCUT2D eigenvalue weighted by molar-refractivity contribution is 5.73. The van der Waals surface area contributed by atoms with Gasteiger partial charge in [0.1, 0.15) is 293 Å². The molecule has 0 aromatic rings. The Hall–Kier alpha value is -2.93. The van der Waals surface area contributed by atoms with E-state index in [2.05, 4.69) is 5.32 Å². The molecule has 0 saturated carbocycles. The third kappa shape index (κ3) is 23.5. The topological polar surface area (TPSA) is 990 Å². The standard InChI is InChI=1S/C74H125NO61/c1-14(86)75-27-39(98)54(24(11-85)116-63(27)113)128-70-53(112)58(38(97)26(127-70)13-115-65-50(109)57(37(96)25(126-65)12-114-64-47(106)40(99)28(87)15(2-76)117-64)131-72-60(44(103)32(91)19(6-80)123-72)134-67-49(108)42(101)30(89)17(4-78)119-67)132-73-62(46(105)34(93)20(7-81)124-73)136-74-61(45(104)33(92)21(8-82)125-74)135-69-51(110)55(35(94)22(9-83)121-69)129-68-52(111)56(36(95)23(10-84)120-68)130-71-59(43(102)31(90)18(5-79)122-71)133-66-48(107)41(100)29(88)16(3-77)118-66/h15-74,76-85,87-113H,2-13H2,1H3,(H,75,86)/t15-,16-,17-,18-,19-,20-,21-,22-,23-,24-,25-,26-,27-,28-,29-,30-,31-,32-,33-,34-,35-,36-,37-,38-,39-,40+,41+,42+,43+,44-,45+,46+,47+,48-,49+,50+,51+,52-,53+,54-,55+,56+,57+,58+,59-,60+,61+,62+,63-,64+,65+,66-,67-,68-,69-,70+,71-,72-,73-,74-/m1/s1. The quantitative estimate of drug-likeness (QED) is 0.0280. The molecule has 12 heterocycles. The van der Waals surface area contributed by atoms with E-state index in [4.69, 9.17) is 109 Å². The summed E-state index contributed by atoms with van der Waals surface area (Å²) >= 11 is 0. The minimum Gasteiger partial charge on any atom is -0.394 e. The number of amides is 1. The molecule has 0 spiro atoms. The van der Waals surface area contributed by atoms with Gasteiger partial charge in [0.15, 0.2) is 75.5 Å². The van der Waals surface area contributed by atoms with E-state index in [9.17, 15) is 194 Å². The van der Waals surface area contributed by atoms with Crippen LogP contribution in [0.3, 0.4) is 0 Å². The van der Waals surface area contributed by atoms with Gasteiger partial charge in [-0.2, -0.15) is 0 Å². The summed E-state index contributed by atoms with van der Waals surface area (Å²) in [6, 6.07) is -1.86. The number of rotatable bonds is 35. The Morgan fingerprint density at radius 3 is 0.669 bits per heavy atom. The molecule has 38 N–H and O–H groups in total. The number of nitrogens with one attached hydrogen (secondary N) is 1. The summed E-state index contributed by atoms with van der Waals surface area (Å²) in [5, 5.41) is 415. The zero-order chi connectivity index (χ0) is 99.7. The lowest BCUT2D eigenvalue weighted by Gasteiger charge is -2.51. The van der Waals surface area contributed by atoms with Crippen LogP contribution < -0.4 is 5.32 Å². The summed E-state index contributed by atoms with van der Waals surface area (Å²) in [5.74, 6) is -0.912. The van der Waals surface area contributed by atoms with Gasteiger partial charge in [-0.15, -0.1) is 0 Å². The smallest absolute Gasteiger partial charge is 0.217 e. The average molecular weight is 2000 g/mol. The first-order valence-electron chi connectivity index (χ1n) is 43.2. The fourth-order valence-corrected chi connectivity index (χ4v) is 17.5. The summed E-state index contributed by atoms with van der Waals surface area (Å²) < 4.78 is 134. The molecule has 12 rings (SSSR count). The molecule has 0 radical (unpaired) electrons. The molecule has 0 aromatic heterocycles. The van der Waals surface area contributed by atoms with Crippen molar-refractivity contribution in [1.82, 2.24) is 5.32 Å². The van der Waals surface area contributed by atoms with Crippen LogP contribution in [-0.4, -0.2) is 643 Å². The second-order valence-corrected chi connectivity index (χ2v) is 34.4. The molecule has 12 saturated heterocycles. The van der Waals surface area contributed by atoms with Gasteiger partial charge in [-0.05, 0) is 0 Å². The second kappa shape index (κ2) is 48.6. The maximum atomic E-state index is 12.7. The van der Waals surface area contributed by atoms with Crippen molar-refractivity contribution < 1.29 is 303 Å². The van der Waals surface area contributed by atoms with Gasteiger partial charge in [0.05, 0.1) is 79.3 Å². The molecule has 0 aliphatic carbocycles. The molecule has 0 aromatic carbocycles. The minimum absolute atomic E-state index is 0.912. The van der Waals surface area contributed by atoms with E-state index in [1.165, 1.54) is 0 Å². The first kappa shape index (κ1) is 112. The first-order chi connectivity index (χ1) is 64.5. The summed E-state index contributed by atoms with van der Waals surface area (Å²) in [5.41, 5.74) is 0. The summed E-state index contributed by atoms with van der Waals surface area (Å²) in [6.45, 7) is -13.0. The Labute approximate surface area is 766 Å². The summed E-state index contributed by atoms with van der Waals surface area (Å²) in [7, 11) is 0. The molecule has 12 fully saturated rings. The average Bonchev–Trinajstić information content (AvgIpc) is 0.767. The zero-order valence-electron chi connectivity index (χ0n) is 71.5. The van der Waals surface area contributed by atoms with Crippen LogP contribution in [-0.2, 0) is 114 Å². The van der Waals surface area contributed by atoms with E-state index >= 15 is 0 Å². The van der Waals surface area contributed by atoms with E-state index in [0.717, 1.165) is 6.92 Å². The molecular formula is C74H125NO61. The molecule has 12 aliphatic rings. The van der Waals surface area contributed by atoms with Crippen molar-refractivity contribution in [3.63, 3.8) is 0 Å². The maximum Gasteiger partial charge on any atom is 0.217 e. The minimum atomic E-state index is -2.65. The van der Waals surface area contributed by atoms with Crippen molar-refractivity contribution in [2.75, 3.05) is 79.3 Å². The first-order valence-corrected chi connectivity index (χ1v) is 43.2. The van der Waals surface area contributed by atoms with Crippen LogP contribution in [0.2, 0.25) is 0 Å². The van der Waals surface area contributed by atoms with Gasteiger partial charge in [0.2, 0.25) is 5.91 Å². The third-order valence-corrected chi connectivity index (χ3v) is 25.5. The van der Waals surface area contributed by atoms with Crippen molar-refractivity contribution in [2.24, 2.45) is 0 Å². The number of carbonyl (C=O) groups is 1. The van der Waals surface area contributed by atoms with E-state index in [0.29, 0.717) is 0 Å². The molecule has 60 atom stereocenters. The van der Waals surface area contributed by atoms with Crippen LogP contribution in [0.4, 0.5) is 0 Å². The lowest BCUT2D eigenvalue weighted by atomic mass is 9.94. The number of hydrogen-bond acceptors (Lipinski definition) is 61. The molecular weight excluding hydrogens is 1880 g/mol. The van der Waals surface area contributed by atoms with Crippen molar-refractivity contribution in [2.45, 2.75) is 375 Å². The molecule has 0 unspecified atom stereocenters. The molecule has 62 nitrogen and oxygen atoms in total. The number of aliphatic hydroxyl groups is 37. The summed E-state index contributed by atoms with van der Waals surface area (Å²) in [4.78, 5) is 12.5. The number of ether oxygens (including phenoxy) is 23. The van der Waals surface area contributed by atoms with E-state index in [-0.39, 0.29) is 0 Å². The highest BCUT2D eigenvalue weighted by Gasteiger charge is 2.63. The van der Waals surface area contributed by atoms with Crippen LogP contribution in [0.15, 0.2) is 0 Å². The van der Waals surface area contributed by atoms with Gasteiger partial charge in [-0.25, -0.2) is 0 Å². The maximum absolute atomic E-state index is 12.7. The van der Waals surface area contributed by atoms with Gasteiger partial charge < -0.3 is 303 Å². The Bertz CT molecular complexity index is 3590. The van der Waals surface area contributed by atoms with E-state index in [1.54, 1.807) is 0 Å². The van der Waals surface area contributed by atoms with Gasteiger partial charge in [0.25, 0.3) is 0 Å². The Kier molecular flexibility index (Phi) is 40.0. The van der Waals surface area contributed by atoms with E-state index in [1.807, 2.05) is 0 Å². The highest BCUT2D eigenvalue weighted by atomic mass is 16.8. The molecule has 792 valence electrons. The van der Waals surface area contributed by atoms with Crippen molar-refractivity contribution in [3.8, 4) is 0 Å². The zero-order valence-corrected chi connectivity index (χ0v) is 71.5. The van der Waals surface area contributed by atoms with Gasteiger partial charge >= 0.3 is 0 Å². The second-order valence-electron chi connectivity index (χ2n) is 34.4. The van der Waals surface area contributed by atoms with Crippen molar-refractivity contribution in [3.05, 3.63) is 0 Å². The van der Waals surface area contributed by atoms with Gasteiger partial charge in [0, 0.05) is 6.92 Å². The van der Waals surface area contributed by atoms with Gasteiger partial charge in [-0.3, -0.25) is 4.79 Å².